The summed E-state index contributed by atoms with van der Waals surface area (Å²) in [6.07, 6.45) is 4.96. The van der Waals surface area contributed by atoms with E-state index in [0.29, 0.717) is 15.8 Å². The van der Waals surface area contributed by atoms with Gasteiger partial charge in [-0.3, -0.25) is 0 Å². The molecule has 0 spiro atoms. The molecule has 0 saturated heterocycles. The highest BCUT2D eigenvalue weighted by Crippen LogP contribution is 2.41. The zero-order valence-electron chi connectivity index (χ0n) is 8.59. The third kappa shape index (κ3) is 2.26. The molecule has 0 unspecified atom stereocenters. The van der Waals surface area contributed by atoms with Crippen molar-refractivity contribution < 1.29 is 0 Å². The van der Waals surface area contributed by atoms with Gasteiger partial charge in [0.25, 0.3) is 0 Å². The molecule has 1 fully saturated rings. The highest BCUT2D eigenvalue weighted by molar-refractivity contribution is 7.10. The van der Waals surface area contributed by atoms with E-state index in [9.17, 15) is 0 Å². The molecule has 1 saturated carbocycles. The molecule has 1 aliphatic rings. The van der Waals surface area contributed by atoms with Crippen molar-refractivity contribution in [1.82, 2.24) is 9.36 Å². The molecule has 1 aromatic rings. The van der Waals surface area contributed by atoms with E-state index in [4.69, 9.17) is 11.6 Å². The summed E-state index contributed by atoms with van der Waals surface area (Å²) in [6.45, 7) is 4.68. The van der Waals surface area contributed by atoms with Crippen LogP contribution in [0.4, 0.5) is 0 Å². The molecule has 0 radical (unpaired) electrons. The molecule has 1 aliphatic carbocycles. The van der Waals surface area contributed by atoms with Gasteiger partial charge in [0.15, 0.2) is 0 Å². The van der Waals surface area contributed by atoms with Gasteiger partial charge in [-0.15, -0.1) is 0 Å². The Kier molecular flexibility index (Phi) is 2.80. The first-order valence-electron chi connectivity index (χ1n) is 5.06. The monoisotopic (exact) mass is 230 g/mol. The molecule has 4 heteroatoms. The SMILES string of the molecule is CC1(C)CCC(c2nsc(Cl)n2)CC1. The van der Waals surface area contributed by atoms with E-state index in [2.05, 4.69) is 23.2 Å². The Morgan fingerprint density at radius 1 is 1.36 bits per heavy atom. The van der Waals surface area contributed by atoms with Crippen molar-refractivity contribution in [2.45, 2.75) is 45.4 Å². The molecule has 0 amide bonds. The summed E-state index contributed by atoms with van der Waals surface area (Å²) in [6, 6.07) is 0. The van der Waals surface area contributed by atoms with E-state index in [1.165, 1.54) is 37.2 Å². The number of rotatable bonds is 1. The van der Waals surface area contributed by atoms with Crippen LogP contribution < -0.4 is 0 Å². The van der Waals surface area contributed by atoms with Gasteiger partial charge in [-0.05, 0) is 54.2 Å². The number of hydrogen-bond acceptors (Lipinski definition) is 3. The zero-order valence-corrected chi connectivity index (χ0v) is 10.2. The predicted molar refractivity (Wildman–Crippen MR) is 59.9 cm³/mol. The van der Waals surface area contributed by atoms with Gasteiger partial charge in [0.2, 0.25) is 4.47 Å². The van der Waals surface area contributed by atoms with E-state index in [0.717, 1.165) is 5.82 Å². The van der Waals surface area contributed by atoms with E-state index < -0.39 is 0 Å². The molecule has 2 rings (SSSR count). The van der Waals surface area contributed by atoms with Gasteiger partial charge >= 0.3 is 0 Å². The van der Waals surface area contributed by atoms with E-state index >= 15 is 0 Å². The quantitative estimate of drug-likeness (QED) is 0.732. The smallest absolute Gasteiger partial charge is 0.203 e. The maximum absolute atomic E-state index is 5.78. The molecule has 0 bridgehead atoms. The molecule has 78 valence electrons. The van der Waals surface area contributed by atoms with Crippen molar-refractivity contribution in [3.63, 3.8) is 0 Å². The molecule has 1 aromatic heterocycles. The van der Waals surface area contributed by atoms with Crippen LogP contribution in [-0.2, 0) is 0 Å². The minimum absolute atomic E-state index is 0.510. The number of nitrogens with zero attached hydrogens (tertiary/aromatic N) is 2. The van der Waals surface area contributed by atoms with Gasteiger partial charge in [-0.2, -0.15) is 4.37 Å². The second-order valence-electron chi connectivity index (χ2n) is 4.84. The van der Waals surface area contributed by atoms with Crippen molar-refractivity contribution in [2.75, 3.05) is 0 Å². The van der Waals surface area contributed by atoms with Crippen LogP contribution in [0.3, 0.4) is 0 Å². The molecule has 1 heterocycles. The van der Waals surface area contributed by atoms with E-state index in [1.807, 2.05) is 0 Å². The van der Waals surface area contributed by atoms with Crippen LogP contribution in [0.25, 0.3) is 0 Å². The predicted octanol–water partition coefficient (Wildman–Crippen LogP) is 3.88. The van der Waals surface area contributed by atoms with Crippen molar-refractivity contribution in [3.8, 4) is 0 Å². The Morgan fingerprint density at radius 3 is 2.50 bits per heavy atom. The Labute approximate surface area is 93.9 Å². The molecule has 14 heavy (non-hydrogen) atoms. The first kappa shape index (κ1) is 10.4. The second kappa shape index (κ2) is 3.78. The average Bonchev–Trinajstić information content (AvgIpc) is 2.52. The first-order valence-corrected chi connectivity index (χ1v) is 6.21. The first-order chi connectivity index (χ1) is 6.57. The summed E-state index contributed by atoms with van der Waals surface area (Å²) in [5.41, 5.74) is 0.510. The van der Waals surface area contributed by atoms with E-state index in [-0.39, 0.29) is 0 Å². The fourth-order valence-corrected chi connectivity index (χ4v) is 2.72. The van der Waals surface area contributed by atoms with Gasteiger partial charge in [0.1, 0.15) is 5.82 Å². The lowest BCUT2D eigenvalue weighted by molar-refractivity contribution is 0.221. The van der Waals surface area contributed by atoms with Crippen LogP contribution in [-0.4, -0.2) is 9.36 Å². The lowest BCUT2D eigenvalue weighted by atomic mass is 9.73. The molecule has 0 aromatic carbocycles. The van der Waals surface area contributed by atoms with Crippen LogP contribution >= 0.6 is 23.1 Å². The Bertz CT molecular complexity index is 312. The van der Waals surface area contributed by atoms with Gasteiger partial charge < -0.3 is 0 Å². The third-order valence-corrected chi connectivity index (χ3v) is 3.93. The molecular weight excluding hydrogens is 216 g/mol. The maximum Gasteiger partial charge on any atom is 0.203 e. The summed E-state index contributed by atoms with van der Waals surface area (Å²) < 4.78 is 4.86. The maximum atomic E-state index is 5.78. The van der Waals surface area contributed by atoms with Crippen molar-refractivity contribution >= 4 is 23.1 Å². The second-order valence-corrected chi connectivity index (χ2v) is 6.18. The molecule has 0 atom stereocenters. The standard InChI is InChI=1S/C10H15ClN2S/c1-10(2)5-3-7(4-6-10)8-12-9(11)14-13-8/h7H,3-6H2,1-2H3. The summed E-state index contributed by atoms with van der Waals surface area (Å²) in [5.74, 6) is 1.52. The lowest BCUT2D eigenvalue weighted by Gasteiger charge is -2.33. The summed E-state index contributed by atoms with van der Waals surface area (Å²) >= 11 is 7.08. The van der Waals surface area contributed by atoms with Crippen LogP contribution in [0.2, 0.25) is 4.47 Å². The van der Waals surface area contributed by atoms with Crippen molar-refractivity contribution in [3.05, 3.63) is 10.3 Å². The number of halogens is 1. The highest BCUT2D eigenvalue weighted by atomic mass is 35.5. The van der Waals surface area contributed by atoms with Crippen molar-refractivity contribution in [2.24, 2.45) is 5.41 Å². The minimum atomic E-state index is 0.510. The van der Waals surface area contributed by atoms with Crippen molar-refractivity contribution in [1.29, 1.82) is 0 Å². The normalized spacial score (nSPS) is 22.5. The average molecular weight is 231 g/mol. The number of aromatic nitrogens is 2. The van der Waals surface area contributed by atoms with Gasteiger partial charge in [0, 0.05) is 5.92 Å². The molecule has 0 N–H and O–H groups in total. The Balaban J connectivity index is 2.02. The fraction of sp³-hybridized carbons (Fsp3) is 0.800. The Hall–Kier alpha value is -0.150. The minimum Gasteiger partial charge on any atom is -0.208 e. The topological polar surface area (TPSA) is 25.8 Å². The molecule has 0 aliphatic heterocycles. The highest BCUT2D eigenvalue weighted by Gasteiger charge is 2.29. The molecule has 2 nitrogen and oxygen atoms in total. The van der Waals surface area contributed by atoms with Gasteiger partial charge in [-0.25, -0.2) is 4.98 Å². The van der Waals surface area contributed by atoms with Crippen LogP contribution in [0.1, 0.15) is 51.3 Å². The largest absolute Gasteiger partial charge is 0.208 e. The van der Waals surface area contributed by atoms with Gasteiger partial charge in [-0.1, -0.05) is 13.8 Å². The Morgan fingerprint density at radius 2 is 2.00 bits per heavy atom. The van der Waals surface area contributed by atoms with Gasteiger partial charge in [0.05, 0.1) is 0 Å². The lowest BCUT2D eigenvalue weighted by Crippen LogP contribution is -2.20. The summed E-state index contributed by atoms with van der Waals surface area (Å²) in [5, 5.41) is 0. The van der Waals surface area contributed by atoms with E-state index in [1.54, 1.807) is 0 Å². The number of hydrogen-bond donors (Lipinski definition) is 0. The fourth-order valence-electron chi connectivity index (χ4n) is 2.04. The summed E-state index contributed by atoms with van der Waals surface area (Å²) in [7, 11) is 0. The van der Waals surface area contributed by atoms with Crippen LogP contribution in [0.5, 0.6) is 0 Å². The molecular formula is C10H15ClN2S. The third-order valence-electron chi connectivity index (χ3n) is 3.12. The summed E-state index contributed by atoms with van der Waals surface area (Å²) in [4.78, 5) is 4.25. The van der Waals surface area contributed by atoms with Crippen LogP contribution in [0.15, 0.2) is 0 Å². The zero-order chi connectivity index (χ0) is 10.2. The van der Waals surface area contributed by atoms with Crippen LogP contribution in [0, 0.1) is 5.41 Å².